The molecule has 1 unspecified atom stereocenters. The van der Waals surface area contributed by atoms with E-state index in [1.807, 2.05) is 38.3 Å². The van der Waals surface area contributed by atoms with Gasteiger partial charge in [0, 0.05) is 11.4 Å². The first-order valence-corrected chi connectivity index (χ1v) is 7.45. The second-order valence-electron chi connectivity index (χ2n) is 5.69. The van der Waals surface area contributed by atoms with Crippen molar-refractivity contribution < 1.29 is 14.7 Å². The first-order chi connectivity index (χ1) is 9.30. The molecular weight excluding hydrogens is 276 g/mol. The third-order valence-corrected chi connectivity index (χ3v) is 3.79. The molecule has 0 aliphatic heterocycles. The monoisotopic (exact) mass is 298 g/mol. The number of carbonyl (C=O) groups excluding carboxylic acids is 2. The van der Waals surface area contributed by atoms with Crippen molar-refractivity contribution in [2.75, 3.05) is 6.54 Å². The average Bonchev–Trinajstić information content (AvgIpc) is 2.87. The molecule has 1 heterocycles. The fourth-order valence-electron chi connectivity index (χ4n) is 1.50. The Hall–Kier alpha value is -1.40. The second-order valence-corrected chi connectivity index (χ2v) is 6.72. The lowest BCUT2D eigenvalue weighted by Crippen LogP contribution is -2.41. The van der Waals surface area contributed by atoms with E-state index in [-0.39, 0.29) is 12.0 Å². The highest BCUT2D eigenvalue weighted by molar-refractivity contribution is 7.09. The topological polar surface area (TPSA) is 78.4 Å². The Balaban J connectivity index is 2.23. The summed E-state index contributed by atoms with van der Waals surface area (Å²) in [5, 5.41) is 16.8. The van der Waals surface area contributed by atoms with Gasteiger partial charge in [0.05, 0.1) is 12.6 Å². The predicted octanol–water partition coefficient (Wildman–Crippen LogP) is 1.28. The highest BCUT2D eigenvalue weighted by Gasteiger charge is 2.22. The Labute approximate surface area is 123 Å². The van der Waals surface area contributed by atoms with Gasteiger partial charge in [-0.05, 0) is 23.3 Å². The number of thiophene rings is 1. The van der Waals surface area contributed by atoms with Crippen molar-refractivity contribution in [2.45, 2.75) is 39.8 Å². The number of hydrogen-bond acceptors (Lipinski definition) is 4. The van der Waals surface area contributed by atoms with Gasteiger partial charge in [-0.15, -0.1) is 11.3 Å². The van der Waals surface area contributed by atoms with Gasteiger partial charge < -0.3 is 15.7 Å². The normalized spacial score (nSPS) is 12.8. The molecule has 0 aliphatic carbocycles. The van der Waals surface area contributed by atoms with Crippen molar-refractivity contribution in [3.63, 3.8) is 0 Å². The summed E-state index contributed by atoms with van der Waals surface area (Å²) in [7, 11) is 0. The zero-order valence-corrected chi connectivity index (χ0v) is 12.9. The number of carbonyl (C=O) groups is 2. The van der Waals surface area contributed by atoms with Crippen LogP contribution in [0.2, 0.25) is 0 Å². The van der Waals surface area contributed by atoms with Gasteiger partial charge in [-0.3, -0.25) is 9.59 Å². The van der Waals surface area contributed by atoms with Crippen molar-refractivity contribution in [2.24, 2.45) is 5.41 Å². The molecule has 1 rings (SSSR count). The van der Waals surface area contributed by atoms with Crippen LogP contribution >= 0.6 is 11.3 Å². The van der Waals surface area contributed by atoms with Crippen LogP contribution < -0.4 is 10.6 Å². The predicted molar refractivity (Wildman–Crippen MR) is 79.3 cm³/mol. The van der Waals surface area contributed by atoms with E-state index in [0.717, 1.165) is 4.88 Å². The molecule has 2 amide bonds. The molecule has 1 aromatic heterocycles. The van der Waals surface area contributed by atoms with Gasteiger partial charge in [-0.1, -0.05) is 26.8 Å². The second kappa shape index (κ2) is 7.40. The summed E-state index contributed by atoms with van der Waals surface area (Å²) in [6, 6.07) is 3.78. The first-order valence-electron chi connectivity index (χ1n) is 6.57. The van der Waals surface area contributed by atoms with E-state index in [9.17, 15) is 14.7 Å². The fraction of sp³-hybridized carbons (Fsp3) is 0.571. The van der Waals surface area contributed by atoms with Crippen LogP contribution in [0.5, 0.6) is 0 Å². The Morgan fingerprint density at radius 2 is 1.95 bits per heavy atom. The van der Waals surface area contributed by atoms with Gasteiger partial charge in [0.15, 0.2) is 0 Å². The molecule has 0 saturated heterocycles. The van der Waals surface area contributed by atoms with Crippen molar-refractivity contribution in [3.05, 3.63) is 22.4 Å². The summed E-state index contributed by atoms with van der Waals surface area (Å²) in [6.07, 6.45) is -0.0926. The van der Waals surface area contributed by atoms with E-state index < -0.39 is 17.9 Å². The SMILES string of the molecule is CC(C)(C)C(O)CCNC(=O)C(=O)NCc1cccs1. The van der Waals surface area contributed by atoms with Gasteiger partial charge in [-0.2, -0.15) is 0 Å². The zero-order chi connectivity index (χ0) is 15.2. The molecule has 0 bridgehead atoms. The lowest BCUT2D eigenvalue weighted by molar-refractivity contribution is -0.139. The summed E-state index contributed by atoms with van der Waals surface area (Å²) in [4.78, 5) is 24.1. The van der Waals surface area contributed by atoms with E-state index in [2.05, 4.69) is 10.6 Å². The quantitative estimate of drug-likeness (QED) is 0.717. The third kappa shape index (κ3) is 5.71. The molecule has 112 valence electrons. The third-order valence-electron chi connectivity index (χ3n) is 2.91. The highest BCUT2D eigenvalue weighted by atomic mass is 32.1. The molecule has 1 aromatic rings. The van der Waals surface area contributed by atoms with Crippen LogP contribution in [0.4, 0.5) is 0 Å². The number of aliphatic hydroxyl groups excluding tert-OH is 1. The van der Waals surface area contributed by atoms with Gasteiger partial charge in [-0.25, -0.2) is 0 Å². The van der Waals surface area contributed by atoms with Crippen molar-refractivity contribution in [3.8, 4) is 0 Å². The number of amides is 2. The van der Waals surface area contributed by atoms with Gasteiger partial charge >= 0.3 is 11.8 Å². The maximum absolute atomic E-state index is 11.5. The van der Waals surface area contributed by atoms with E-state index in [4.69, 9.17) is 0 Å². The molecule has 0 saturated carbocycles. The molecular formula is C14H22N2O3S. The van der Waals surface area contributed by atoms with Gasteiger partial charge in [0.2, 0.25) is 0 Å². The molecule has 20 heavy (non-hydrogen) atoms. The van der Waals surface area contributed by atoms with Crippen molar-refractivity contribution in [1.29, 1.82) is 0 Å². The molecule has 6 heteroatoms. The minimum absolute atomic E-state index is 0.230. The Morgan fingerprint density at radius 3 is 2.50 bits per heavy atom. The lowest BCUT2D eigenvalue weighted by Gasteiger charge is -2.25. The van der Waals surface area contributed by atoms with Crippen LogP contribution in [-0.2, 0) is 16.1 Å². The number of aliphatic hydroxyl groups is 1. The molecule has 1 atom stereocenters. The number of nitrogens with one attached hydrogen (secondary N) is 2. The lowest BCUT2D eigenvalue weighted by atomic mass is 9.87. The molecule has 0 fully saturated rings. The largest absolute Gasteiger partial charge is 0.393 e. The minimum atomic E-state index is -0.664. The smallest absolute Gasteiger partial charge is 0.309 e. The molecule has 0 radical (unpaired) electrons. The molecule has 0 aromatic carbocycles. The van der Waals surface area contributed by atoms with E-state index >= 15 is 0 Å². The summed E-state index contributed by atoms with van der Waals surface area (Å²) in [5.74, 6) is -1.31. The van der Waals surface area contributed by atoms with Crippen LogP contribution in [0.25, 0.3) is 0 Å². The van der Waals surface area contributed by atoms with Gasteiger partial charge in [0.1, 0.15) is 0 Å². The van der Waals surface area contributed by atoms with E-state index in [0.29, 0.717) is 13.0 Å². The highest BCUT2D eigenvalue weighted by Crippen LogP contribution is 2.20. The summed E-state index contributed by atoms with van der Waals surface area (Å²) >= 11 is 1.52. The van der Waals surface area contributed by atoms with E-state index in [1.165, 1.54) is 11.3 Å². The van der Waals surface area contributed by atoms with Crippen molar-refractivity contribution in [1.82, 2.24) is 10.6 Å². The van der Waals surface area contributed by atoms with Crippen LogP contribution in [0.3, 0.4) is 0 Å². The Bertz CT molecular complexity index is 438. The number of rotatable bonds is 5. The first kappa shape index (κ1) is 16.7. The van der Waals surface area contributed by atoms with Crippen LogP contribution in [0.1, 0.15) is 32.1 Å². The minimum Gasteiger partial charge on any atom is -0.393 e. The Morgan fingerprint density at radius 1 is 1.30 bits per heavy atom. The Kier molecular flexibility index (Phi) is 6.16. The summed E-state index contributed by atoms with van der Waals surface area (Å²) < 4.78 is 0. The van der Waals surface area contributed by atoms with Crippen LogP contribution in [0, 0.1) is 5.41 Å². The summed E-state index contributed by atoms with van der Waals surface area (Å²) in [5.41, 5.74) is -0.230. The average molecular weight is 298 g/mol. The fourth-order valence-corrected chi connectivity index (χ4v) is 2.14. The van der Waals surface area contributed by atoms with Crippen LogP contribution in [0.15, 0.2) is 17.5 Å². The molecule has 0 spiro atoms. The maximum atomic E-state index is 11.5. The van der Waals surface area contributed by atoms with Crippen LogP contribution in [-0.4, -0.2) is 29.6 Å². The molecule has 3 N–H and O–H groups in total. The molecule has 0 aliphatic rings. The maximum Gasteiger partial charge on any atom is 0.309 e. The number of hydrogen-bond donors (Lipinski definition) is 3. The van der Waals surface area contributed by atoms with E-state index in [1.54, 1.807) is 0 Å². The zero-order valence-electron chi connectivity index (χ0n) is 12.1. The molecule has 5 nitrogen and oxygen atoms in total. The standard InChI is InChI=1S/C14H22N2O3S/c1-14(2,3)11(17)6-7-15-12(18)13(19)16-9-10-5-4-8-20-10/h4-5,8,11,17H,6-7,9H2,1-3H3,(H,15,18)(H,16,19). The van der Waals surface area contributed by atoms with Crippen molar-refractivity contribution >= 4 is 23.2 Å². The summed E-state index contributed by atoms with van der Waals surface area (Å²) in [6.45, 7) is 6.41. The van der Waals surface area contributed by atoms with Gasteiger partial charge in [0.25, 0.3) is 0 Å².